The van der Waals surface area contributed by atoms with Crippen molar-refractivity contribution in [2.24, 2.45) is 0 Å². The van der Waals surface area contributed by atoms with Crippen LogP contribution in [0.5, 0.6) is 5.75 Å². The van der Waals surface area contributed by atoms with Crippen LogP contribution >= 0.6 is 0 Å². The number of hydrogen-bond acceptors (Lipinski definition) is 5. The first-order valence-corrected chi connectivity index (χ1v) is 11.3. The maximum atomic E-state index is 11.7. The van der Waals surface area contributed by atoms with E-state index in [2.05, 4.69) is 52.1 Å². The van der Waals surface area contributed by atoms with Gasteiger partial charge in [-0.15, -0.1) is 0 Å². The Bertz CT molecular complexity index is 1070. The van der Waals surface area contributed by atoms with Crippen LogP contribution in [0.3, 0.4) is 0 Å². The molecule has 0 bridgehead atoms. The highest BCUT2D eigenvalue weighted by molar-refractivity contribution is 5.88. The number of fused-ring (bicyclic) bond motifs is 1. The van der Waals surface area contributed by atoms with Gasteiger partial charge in [0, 0.05) is 19.3 Å². The minimum Gasteiger partial charge on any atom is -0.494 e. The highest BCUT2D eigenvalue weighted by Crippen LogP contribution is 2.23. The van der Waals surface area contributed by atoms with Crippen LogP contribution in [0.25, 0.3) is 0 Å². The third kappa shape index (κ3) is 5.25. The summed E-state index contributed by atoms with van der Waals surface area (Å²) in [5.74, 6) is 0.425. The Morgan fingerprint density at radius 3 is 2.62 bits per heavy atom. The van der Waals surface area contributed by atoms with Crippen LogP contribution in [0.2, 0.25) is 0 Å². The van der Waals surface area contributed by atoms with Crippen molar-refractivity contribution in [2.45, 2.75) is 45.6 Å². The van der Waals surface area contributed by atoms with Crippen LogP contribution in [-0.2, 0) is 25.8 Å². The molecule has 0 spiro atoms. The summed E-state index contributed by atoms with van der Waals surface area (Å²) in [6, 6.07) is 16.6. The Kier molecular flexibility index (Phi) is 7.00. The molecule has 166 valence electrons. The van der Waals surface area contributed by atoms with Gasteiger partial charge in [-0.1, -0.05) is 49.7 Å². The zero-order chi connectivity index (χ0) is 22.3. The van der Waals surface area contributed by atoms with Gasteiger partial charge in [-0.3, -0.25) is 0 Å². The van der Waals surface area contributed by atoms with E-state index in [0.717, 1.165) is 38.1 Å². The van der Waals surface area contributed by atoms with Gasteiger partial charge in [0.2, 0.25) is 5.95 Å². The van der Waals surface area contributed by atoms with Crippen molar-refractivity contribution in [2.75, 3.05) is 18.1 Å². The molecule has 0 amide bonds. The van der Waals surface area contributed by atoms with Gasteiger partial charge in [0.05, 0.1) is 17.9 Å². The van der Waals surface area contributed by atoms with E-state index in [1.54, 1.807) is 0 Å². The van der Waals surface area contributed by atoms with Gasteiger partial charge in [0.25, 0.3) is 0 Å². The molecule has 1 aliphatic rings. The summed E-state index contributed by atoms with van der Waals surface area (Å²) in [5.41, 5.74) is 4.65. The summed E-state index contributed by atoms with van der Waals surface area (Å²) in [6.07, 6.45) is 5.76. The zero-order valence-corrected chi connectivity index (χ0v) is 18.5. The monoisotopic (exact) mass is 431 g/mol. The second kappa shape index (κ2) is 10.3. The van der Waals surface area contributed by atoms with E-state index < -0.39 is 5.97 Å². The Labute approximate surface area is 188 Å². The fourth-order valence-electron chi connectivity index (χ4n) is 4.07. The Balaban J connectivity index is 1.39. The molecule has 0 unspecified atom stereocenters. The molecule has 4 rings (SSSR count). The first-order valence-electron chi connectivity index (χ1n) is 11.3. The fourth-order valence-corrected chi connectivity index (χ4v) is 4.07. The number of carboxylic acid groups (broad SMARTS) is 1. The number of rotatable bonds is 9. The number of aromatic carboxylic acids is 1. The second-order valence-corrected chi connectivity index (χ2v) is 8.12. The van der Waals surface area contributed by atoms with Crippen molar-refractivity contribution in [3.8, 4) is 5.75 Å². The van der Waals surface area contributed by atoms with Gasteiger partial charge in [-0.2, -0.15) is 0 Å². The number of carboxylic acids is 1. The van der Waals surface area contributed by atoms with Crippen LogP contribution in [-0.4, -0.2) is 34.2 Å². The van der Waals surface area contributed by atoms with Crippen LogP contribution in [0, 0.1) is 0 Å². The summed E-state index contributed by atoms with van der Waals surface area (Å²) < 4.78 is 5.85. The predicted octanol–water partition coefficient (Wildman–Crippen LogP) is 4.70. The normalized spacial score (nSPS) is 13.0. The third-order valence-electron chi connectivity index (χ3n) is 5.79. The molecule has 0 radical (unpaired) electrons. The van der Waals surface area contributed by atoms with Crippen LogP contribution in [0.1, 0.15) is 52.5 Å². The number of anilines is 1. The van der Waals surface area contributed by atoms with E-state index in [-0.39, 0.29) is 5.56 Å². The number of ether oxygens (including phenoxy) is 1. The van der Waals surface area contributed by atoms with E-state index in [1.807, 2.05) is 18.2 Å². The van der Waals surface area contributed by atoms with Crippen LogP contribution in [0.15, 0.2) is 54.7 Å². The standard InChI is InChI=1S/C26H29N3O3/c1-2-6-19-10-12-22(13-11-19)32-16-5-9-24-23(25(30)31)17-27-26(28-24)29-15-14-20-7-3-4-8-21(20)18-29/h3-4,7-8,10-13,17H,2,5-6,9,14-16,18H2,1H3,(H,30,31). The molecule has 1 aromatic heterocycles. The smallest absolute Gasteiger partial charge is 0.339 e. The molecule has 0 saturated carbocycles. The molecule has 3 aromatic rings. The lowest BCUT2D eigenvalue weighted by molar-refractivity contribution is 0.0694. The first-order chi connectivity index (χ1) is 15.6. The van der Waals surface area contributed by atoms with Gasteiger partial charge < -0.3 is 14.7 Å². The lowest BCUT2D eigenvalue weighted by Crippen LogP contribution is -2.32. The zero-order valence-electron chi connectivity index (χ0n) is 18.5. The van der Waals surface area contributed by atoms with Crippen LogP contribution in [0.4, 0.5) is 5.95 Å². The molecule has 0 saturated heterocycles. The molecule has 1 aliphatic heterocycles. The second-order valence-electron chi connectivity index (χ2n) is 8.12. The molecule has 0 fully saturated rings. The van der Waals surface area contributed by atoms with Crippen LogP contribution < -0.4 is 9.64 Å². The average Bonchev–Trinajstić information content (AvgIpc) is 2.82. The van der Waals surface area contributed by atoms with Gasteiger partial charge >= 0.3 is 5.97 Å². The first kappa shape index (κ1) is 21.8. The predicted molar refractivity (Wildman–Crippen MR) is 124 cm³/mol. The molecule has 32 heavy (non-hydrogen) atoms. The lowest BCUT2D eigenvalue weighted by Gasteiger charge is -2.29. The lowest BCUT2D eigenvalue weighted by atomic mass is 10.0. The SMILES string of the molecule is CCCc1ccc(OCCCc2nc(N3CCc4ccccc4C3)ncc2C(=O)O)cc1. The maximum absolute atomic E-state index is 11.7. The van der Waals surface area contributed by atoms with Crippen molar-refractivity contribution in [3.05, 3.63) is 82.7 Å². The summed E-state index contributed by atoms with van der Waals surface area (Å²) in [7, 11) is 0. The third-order valence-corrected chi connectivity index (χ3v) is 5.79. The van der Waals surface area contributed by atoms with Crippen molar-refractivity contribution in [1.29, 1.82) is 0 Å². The van der Waals surface area contributed by atoms with Gasteiger partial charge in [-0.25, -0.2) is 14.8 Å². The highest BCUT2D eigenvalue weighted by Gasteiger charge is 2.20. The Morgan fingerprint density at radius 1 is 1.09 bits per heavy atom. The number of aryl methyl sites for hydroxylation is 2. The van der Waals surface area contributed by atoms with E-state index in [1.165, 1.54) is 22.9 Å². The number of aromatic nitrogens is 2. The molecule has 2 aromatic carbocycles. The van der Waals surface area contributed by atoms with Gasteiger partial charge in [0.15, 0.2) is 0 Å². The molecule has 6 nitrogen and oxygen atoms in total. The summed E-state index contributed by atoms with van der Waals surface area (Å²) in [5, 5.41) is 9.58. The average molecular weight is 432 g/mol. The van der Waals surface area contributed by atoms with Crippen molar-refractivity contribution in [3.63, 3.8) is 0 Å². The molecule has 6 heteroatoms. The molecule has 0 aliphatic carbocycles. The summed E-state index contributed by atoms with van der Waals surface area (Å²) >= 11 is 0. The molecular formula is C26H29N3O3. The minimum absolute atomic E-state index is 0.162. The van der Waals surface area contributed by atoms with E-state index in [0.29, 0.717) is 31.1 Å². The Morgan fingerprint density at radius 2 is 1.88 bits per heavy atom. The minimum atomic E-state index is -0.997. The van der Waals surface area contributed by atoms with Crippen molar-refractivity contribution >= 4 is 11.9 Å². The van der Waals surface area contributed by atoms with E-state index in [9.17, 15) is 9.90 Å². The largest absolute Gasteiger partial charge is 0.494 e. The van der Waals surface area contributed by atoms with Crippen molar-refractivity contribution in [1.82, 2.24) is 9.97 Å². The molecule has 2 heterocycles. The molecular weight excluding hydrogens is 402 g/mol. The summed E-state index contributed by atoms with van der Waals surface area (Å²) in [6.45, 7) is 4.22. The maximum Gasteiger partial charge on any atom is 0.339 e. The van der Waals surface area contributed by atoms with Gasteiger partial charge in [-0.05, 0) is 54.5 Å². The summed E-state index contributed by atoms with van der Waals surface area (Å²) in [4.78, 5) is 22.8. The quantitative estimate of drug-likeness (QED) is 0.495. The van der Waals surface area contributed by atoms with E-state index >= 15 is 0 Å². The number of nitrogens with zero attached hydrogens (tertiary/aromatic N) is 3. The van der Waals surface area contributed by atoms with Crippen molar-refractivity contribution < 1.29 is 14.6 Å². The van der Waals surface area contributed by atoms with E-state index in [4.69, 9.17) is 4.74 Å². The highest BCUT2D eigenvalue weighted by atomic mass is 16.5. The van der Waals surface area contributed by atoms with Gasteiger partial charge in [0.1, 0.15) is 5.75 Å². The number of carbonyl (C=O) groups is 1. The number of hydrogen-bond donors (Lipinski definition) is 1. The number of benzene rings is 2. The molecule has 0 atom stereocenters. The topological polar surface area (TPSA) is 75.5 Å². The Hall–Kier alpha value is -3.41. The molecule has 1 N–H and O–H groups in total. The fraction of sp³-hybridized carbons (Fsp3) is 0.346.